The highest BCUT2D eigenvalue weighted by atomic mass is 15.1. The highest BCUT2D eigenvalue weighted by molar-refractivity contribution is 5.59. The molecule has 0 fully saturated rings. The number of nitrogens with zero attached hydrogens (tertiary/aromatic N) is 2. The van der Waals surface area contributed by atoms with Gasteiger partial charge in [-0.25, -0.2) is 9.97 Å². The molecule has 0 spiro atoms. The summed E-state index contributed by atoms with van der Waals surface area (Å²) in [5.74, 6) is 0.598. The maximum atomic E-state index is 4.50. The van der Waals surface area contributed by atoms with E-state index in [-0.39, 0.29) is 0 Å². The molecular formula is C16H16N4. The predicted molar refractivity (Wildman–Crippen MR) is 80.9 cm³/mol. The fraction of sp³-hybridized carbons (Fsp3) is 0.125. The average molecular weight is 264 g/mol. The van der Waals surface area contributed by atoms with Crippen LogP contribution in [0.1, 0.15) is 12.5 Å². The van der Waals surface area contributed by atoms with Crippen LogP contribution in [0.15, 0.2) is 54.9 Å². The molecule has 4 nitrogen and oxygen atoms in total. The maximum absolute atomic E-state index is 4.50. The molecule has 0 radical (unpaired) electrons. The Hall–Kier alpha value is -2.62. The van der Waals surface area contributed by atoms with Gasteiger partial charge in [-0.15, -0.1) is 0 Å². The lowest BCUT2D eigenvalue weighted by Gasteiger charge is -2.06. The third kappa shape index (κ3) is 2.69. The minimum Gasteiger partial charge on any atom is -0.360 e. The first-order chi connectivity index (χ1) is 9.85. The smallest absolute Gasteiger partial charge is 0.227 e. The molecule has 0 unspecified atom stereocenters. The second kappa shape index (κ2) is 5.57. The molecule has 0 saturated carbocycles. The maximum Gasteiger partial charge on any atom is 0.227 e. The number of hydrogen-bond donors (Lipinski definition) is 2. The number of H-pyrrole nitrogens is 1. The SMILES string of the molecule is CCc1ccc(Nc2nccc(-c3ccc[nH]3)n2)cc1. The van der Waals surface area contributed by atoms with Crippen molar-refractivity contribution < 1.29 is 0 Å². The quantitative estimate of drug-likeness (QED) is 0.754. The molecule has 0 aliphatic heterocycles. The van der Waals surface area contributed by atoms with E-state index in [1.165, 1.54) is 5.56 Å². The molecule has 2 heterocycles. The number of nitrogens with one attached hydrogen (secondary N) is 2. The van der Waals surface area contributed by atoms with E-state index in [0.717, 1.165) is 23.5 Å². The number of aromatic amines is 1. The van der Waals surface area contributed by atoms with Crippen molar-refractivity contribution in [2.24, 2.45) is 0 Å². The summed E-state index contributed by atoms with van der Waals surface area (Å²) >= 11 is 0. The number of aromatic nitrogens is 3. The van der Waals surface area contributed by atoms with Gasteiger partial charge in [-0.05, 0) is 42.3 Å². The molecule has 0 atom stereocenters. The molecule has 0 saturated heterocycles. The van der Waals surface area contributed by atoms with Gasteiger partial charge in [0.25, 0.3) is 0 Å². The highest BCUT2D eigenvalue weighted by Gasteiger charge is 2.03. The van der Waals surface area contributed by atoms with Gasteiger partial charge in [0.2, 0.25) is 5.95 Å². The van der Waals surface area contributed by atoms with Gasteiger partial charge in [-0.3, -0.25) is 0 Å². The highest BCUT2D eigenvalue weighted by Crippen LogP contribution is 2.18. The summed E-state index contributed by atoms with van der Waals surface area (Å²) in [6, 6.07) is 14.1. The average Bonchev–Trinajstić information content (AvgIpc) is 3.03. The van der Waals surface area contributed by atoms with Crippen LogP contribution in [-0.4, -0.2) is 15.0 Å². The Labute approximate surface area is 117 Å². The summed E-state index contributed by atoms with van der Waals surface area (Å²) in [5, 5.41) is 3.22. The molecule has 3 aromatic rings. The topological polar surface area (TPSA) is 53.6 Å². The van der Waals surface area contributed by atoms with Gasteiger partial charge in [-0.1, -0.05) is 19.1 Å². The second-order valence-corrected chi connectivity index (χ2v) is 4.52. The fourth-order valence-corrected chi connectivity index (χ4v) is 2.01. The van der Waals surface area contributed by atoms with Crippen molar-refractivity contribution in [3.63, 3.8) is 0 Å². The minimum atomic E-state index is 0.598. The van der Waals surface area contributed by atoms with Gasteiger partial charge >= 0.3 is 0 Å². The van der Waals surface area contributed by atoms with Crippen molar-refractivity contribution in [3.8, 4) is 11.4 Å². The molecule has 2 N–H and O–H groups in total. The monoisotopic (exact) mass is 264 g/mol. The van der Waals surface area contributed by atoms with Crippen LogP contribution in [0.2, 0.25) is 0 Å². The first kappa shape index (κ1) is 12.4. The van der Waals surface area contributed by atoms with E-state index < -0.39 is 0 Å². The first-order valence-corrected chi connectivity index (χ1v) is 6.68. The molecule has 3 rings (SSSR count). The van der Waals surface area contributed by atoms with Crippen LogP contribution in [0.5, 0.6) is 0 Å². The lowest BCUT2D eigenvalue weighted by atomic mass is 10.1. The van der Waals surface area contributed by atoms with Gasteiger partial charge < -0.3 is 10.3 Å². The third-order valence-corrected chi connectivity index (χ3v) is 3.15. The van der Waals surface area contributed by atoms with Gasteiger partial charge in [0.15, 0.2) is 0 Å². The Kier molecular flexibility index (Phi) is 3.46. The van der Waals surface area contributed by atoms with Crippen LogP contribution in [0.25, 0.3) is 11.4 Å². The molecular weight excluding hydrogens is 248 g/mol. The lowest BCUT2D eigenvalue weighted by Crippen LogP contribution is -1.98. The van der Waals surface area contributed by atoms with E-state index in [9.17, 15) is 0 Å². The second-order valence-electron chi connectivity index (χ2n) is 4.52. The van der Waals surface area contributed by atoms with E-state index in [1.807, 2.05) is 36.5 Å². The largest absolute Gasteiger partial charge is 0.360 e. The van der Waals surface area contributed by atoms with Crippen LogP contribution >= 0.6 is 0 Å². The zero-order valence-electron chi connectivity index (χ0n) is 11.3. The zero-order valence-corrected chi connectivity index (χ0v) is 11.3. The van der Waals surface area contributed by atoms with Crippen molar-refractivity contribution in [1.29, 1.82) is 0 Å². The van der Waals surface area contributed by atoms with E-state index in [1.54, 1.807) is 6.20 Å². The summed E-state index contributed by atoms with van der Waals surface area (Å²) in [6.45, 7) is 2.14. The van der Waals surface area contributed by atoms with Gasteiger partial charge in [0.1, 0.15) is 0 Å². The van der Waals surface area contributed by atoms with Crippen LogP contribution in [-0.2, 0) is 6.42 Å². The van der Waals surface area contributed by atoms with Crippen molar-refractivity contribution in [3.05, 3.63) is 60.4 Å². The van der Waals surface area contributed by atoms with Crippen LogP contribution < -0.4 is 5.32 Å². The predicted octanol–water partition coefficient (Wildman–Crippen LogP) is 3.78. The summed E-state index contributed by atoms with van der Waals surface area (Å²) < 4.78 is 0. The zero-order chi connectivity index (χ0) is 13.8. The van der Waals surface area contributed by atoms with E-state index in [2.05, 4.69) is 39.3 Å². The van der Waals surface area contributed by atoms with Crippen molar-refractivity contribution in [1.82, 2.24) is 15.0 Å². The number of aryl methyl sites for hydroxylation is 1. The summed E-state index contributed by atoms with van der Waals surface area (Å²) in [4.78, 5) is 11.9. The Morgan fingerprint density at radius 2 is 1.95 bits per heavy atom. The lowest BCUT2D eigenvalue weighted by molar-refractivity contribution is 1.13. The molecule has 0 aliphatic carbocycles. The van der Waals surface area contributed by atoms with Crippen molar-refractivity contribution >= 4 is 11.6 Å². The Bertz CT molecular complexity index is 672. The first-order valence-electron chi connectivity index (χ1n) is 6.68. The molecule has 4 heteroatoms. The van der Waals surface area contributed by atoms with Crippen LogP contribution in [0.3, 0.4) is 0 Å². The van der Waals surface area contributed by atoms with Crippen molar-refractivity contribution in [2.45, 2.75) is 13.3 Å². The number of anilines is 2. The van der Waals surface area contributed by atoms with E-state index in [0.29, 0.717) is 5.95 Å². The number of benzene rings is 1. The molecule has 1 aromatic carbocycles. The fourth-order valence-electron chi connectivity index (χ4n) is 2.01. The molecule has 0 amide bonds. The third-order valence-electron chi connectivity index (χ3n) is 3.15. The molecule has 0 aliphatic rings. The van der Waals surface area contributed by atoms with Crippen LogP contribution in [0, 0.1) is 0 Å². The molecule has 0 bridgehead atoms. The molecule has 100 valence electrons. The minimum absolute atomic E-state index is 0.598. The molecule has 20 heavy (non-hydrogen) atoms. The van der Waals surface area contributed by atoms with Gasteiger partial charge in [0, 0.05) is 18.1 Å². The Morgan fingerprint density at radius 3 is 2.65 bits per heavy atom. The van der Waals surface area contributed by atoms with Crippen LogP contribution in [0.4, 0.5) is 11.6 Å². The van der Waals surface area contributed by atoms with E-state index >= 15 is 0 Å². The van der Waals surface area contributed by atoms with Gasteiger partial charge in [-0.2, -0.15) is 0 Å². The standard InChI is InChI=1S/C16H16N4/c1-2-12-5-7-13(8-6-12)19-16-18-11-9-15(20-16)14-4-3-10-17-14/h3-11,17H,2H2,1H3,(H,18,19,20). The Morgan fingerprint density at radius 1 is 1.10 bits per heavy atom. The number of rotatable bonds is 4. The summed E-state index contributed by atoms with van der Waals surface area (Å²) in [7, 11) is 0. The Balaban J connectivity index is 1.82. The van der Waals surface area contributed by atoms with Crippen molar-refractivity contribution in [2.75, 3.05) is 5.32 Å². The normalized spacial score (nSPS) is 10.4. The van der Waals surface area contributed by atoms with Gasteiger partial charge in [0.05, 0.1) is 11.4 Å². The molecule has 2 aromatic heterocycles. The summed E-state index contributed by atoms with van der Waals surface area (Å²) in [5.41, 5.74) is 4.16. The summed E-state index contributed by atoms with van der Waals surface area (Å²) in [6.07, 6.45) is 4.68. The van der Waals surface area contributed by atoms with E-state index in [4.69, 9.17) is 0 Å². The number of hydrogen-bond acceptors (Lipinski definition) is 3.